The summed E-state index contributed by atoms with van der Waals surface area (Å²) < 4.78 is 187. The molecule has 0 saturated carbocycles. The molecule has 4 aliphatic rings. The predicted molar refractivity (Wildman–Crippen MR) is 270 cm³/mol. The lowest BCUT2D eigenvalue weighted by atomic mass is 9.89. The van der Waals surface area contributed by atoms with Gasteiger partial charge in [0.2, 0.25) is 0 Å². The Labute approximate surface area is 456 Å². The largest absolute Gasteiger partial charge is 0.416 e. The van der Waals surface area contributed by atoms with E-state index in [0.29, 0.717) is 74.2 Å². The molecule has 0 spiro atoms. The first-order chi connectivity index (χ1) is 35.5. The van der Waals surface area contributed by atoms with Crippen LogP contribution in [0.1, 0.15) is 119 Å². The predicted octanol–water partition coefficient (Wildman–Crippen LogP) is 14.9. The number of aryl methyl sites for hydroxylation is 2. The van der Waals surface area contributed by atoms with Crippen LogP contribution in [0.4, 0.5) is 71.1 Å². The van der Waals surface area contributed by atoms with Crippen LogP contribution in [-0.4, -0.2) is 107 Å². The number of rotatable bonds is 8. The zero-order valence-corrected chi connectivity index (χ0v) is 44.8. The SMILES string of the molecule is Cc1cc(F)ccc1[C@@H]1C[C@@H](N2CCCC2)CCN1C(=O)N(C)Cc1cc(C(F)(F)F)cc(C(F)(F)F)c1.Cc1cc(F)ccc1[C@H]1C[C@H](N2CCCC2)CCN1C(=O)N(C)Cc1cc(C(F)(F)F)cc(C(F)(F)F)c1.Cl.Cl. The molecular formula is C54H62Cl2F14N6O2. The molecule has 4 saturated heterocycles. The van der Waals surface area contributed by atoms with Crippen molar-refractivity contribution in [2.75, 3.05) is 53.4 Å². The van der Waals surface area contributed by atoms with Crippen LogP contribution in [0, 0.1) is 25.5 Å². The summed E-state index contributed by atoms with van der Waals surface area (Å²) in [6, 6.07) is 10.0. The zero-order valence-electron chi connectivity index (χ0n) is 43.2. The Morgan fingerprint density at radius 3 is 1.04 bits per heavy atom. The van der Waals surface area contributed by atoms with Crippen LogP contribution in [0.2, 0.25) is 0 Å². The molecule has 8 rings (SSSR count). The Morgan fingerprint density at radius 1 is 0.474 bits per heavy atom. The number of carbonyl (C=O) groups is 2. The number of carbonyl (C=O) groups excluding carboxylic acids is 2. The Morgan fingerprint density at radius 2 is 0.769 bits per heavy atom. The maximum Gasteiger partial charge on any atom is 0.416 e. The molecule has 8 nitrogen and oxygen atoms in total. The first kappa shape index (κ1) is 63.8. The van der Waals surface area contributed by atoms with E-state index in [9.17, 15) is 71.1 Å². The third-order valence-corrected chi connectivity index (χ3v) is 14.9. The number of nitrogens with zero attached hydrogens (tertiary/aromatic N) is 6. The molecule has 0 N–H and O–H groups in total. The van der Waals surface area contributed by atoms with E-state index in [1.807, 2.05) is 0 Å². The van der Waals surface area contributed by atoms with E-state index in [-0.39, 0.29) is 60.2 Å². The molecule has 78 heavy (non-hydrogen) atoms. The monoisotopic (exact) mass is 1160 g/mol. The van der Waals surface area contributed by atoms with Crippen molar-refractivity contribution in [2.24, 2.45) is 0 Å². The van der Waals surface area contributed by atoms with Crippen LogP contribution in [0.25, 0.3) is 0 Å². The highest BCUT2D eigenvalue weighted by Crippen LogP contribution is 2.42. The smallest absolute Gasteiger partial charge is 0.323 e. The van der Waals surface area contributed by atoms with Crippen molar-refractivity contribution in [1.29, 1.82) is 0 Å². The van der Waals surface area contributed by atoms with E-state index in [4.69, 9.17) is 0 Å². The van der Waals surface area contributed by atoms with Crippen LogP contribution < -0.4 is 0 Å². The quantitative estimate of drug-likeness (QED) is 0.165. The molecule has 0 unspecified atom stereocenters. The minimum Gasteiger partial charge on any atom is -0.323 e. The number of hydrogen-bond acceptors (Lipinski definition) is 4. The molecule has 24 heteroatoms. The van der Waals surface area contributed by atoms with Gasteiger partial charge in [-0.15, -0.1) is 24.8 Å². The Bertz CT molecular complexity index is 2450. The van der Waals surface area contributed by atoms with Crippen LogP contribution in [0.3, 0.4) is 0 Å². The van der Waals surface area contributed by atoms with E-state index in [1.165, 1.54) is 38.4 Å². The number of urea groups is 2. The van der Waals surface area contributed by atoms with Crippen molar-refractivity contribution < 1.29 is 71.1 Å². The highest BCUT2D eigenvalue weighted by atomic mass is 35.5. The van der Waals surface area contributed by atoms with Crippen LogP contribution in [-0.2, 0) is 37.8 Å². The lowest BCUT2D eigenvalue weighted by Gasteiger charge is -2.44. The summed E-state index contributed by atoms with van der Waals surface area (Å²) in [6.45, 7) is 7.21. The second-order valence-corrected chi connectivity index (χ2v) is 20.4. The molecule has 4 fully saturated rings. The highest BCUT2D eigenvalue weighted by Gasteiger charge is 2.42. The zero-order chi connectivity index (χ0) is 55.7. The lowest BCUT2D eigenvalue weighted by Crippen LogP contribution is -2.51. The number of likely N-dealkylation sites (tertiary alicyclic amines) is 4. The molecule has 432 valence electrons. The number of amides is 4. The fourth-order valence-corrected chi connectivity index (χ4v) is 11.2. The fraction of sp³-hybridized carbons (Fsp3) is 0.519. The fourth-order valence-electron chi connectivity index (χ4n) is 11.2. The van der Waals surface area contributed by atoms with Gasteiger partial charge >= 0.3 is 36.8 Å². The van der Waals surface area contributed by atoms with E-state index < -0.39 is 95.8 Å². The minimum atomic E-state index is -4.97. The van der Waals surface area contributed by atoms with E-state index >= 15 is 0 Å². The number of benzene rings is 4. The van der Waals surface area contributed by atoms with Gasteiger partial charge in [0.05, 0.1) is 34.3 Å². The Balaban J connectivity index is 0.000000280. The topological polar surface area (TPSA) is 53.6 Å². The van der Waals surface area contributed by atoms with E-state index in [0.717, 1.165) is 72.8 Å². The van der Waals surface area contributed by atoms with Crippen molar-refractivity contribution in [3.8, 4) is 0 Å². The van der Waals surface area contributed by atoms with Gasteiger partial charge in [0.15, 0.2) is 0 Å². The number of piperidine rings is 2. The van der Waals surface area contributed by atoms with Gasteiger partial charge in [0.1, 0.15) is 11.6 Å². The van der Waals surface area contributed by atoms with Gasteiger partial charge in [-0.3, -0.25) is 0 Å². The Kier molecular flexibility index (Phi) is 20.9. The Hall–Kier alpha value is -5.06. The summed E-state index contributed by atoms with van der Waals surface area (Å²) in [5.74, 6) is -0.809. The van der Waals surface area contributed by atoms with Crippen molar-refractivity contribution in [2.45, 2.75) is 127 Å². The molecule has 4 aliphatic heterocycles. The second-order valence-electron chi connectivity index (χ2n) is 20.4. The summed E-state index contributed by atoms with van der Waals surface area (Å²) in [4.78, 5) is 37.4. The van der Waals surface area contributed by atoms with E-state index in [2.05, 4.69) is 9.80 Å². The molecule has 0 radical (unpaired) electrons. The van der Waals surface area contributed by atoms with Gasteiger partial charge in [-0.05, 0) is 185 Å². The standard InChI is InChI=1S/2C27H30F7N3O.2ClH/c2*1-17-11-21(28)5-6-23(17)24-15-22(36-8-3-4-9-36)7-10-37(24)25(38)35(2)16-18-12-19(26(29,30)31)14-20(13-18)27(32,33)34;;/h2*5-6,11-14,22,24H,3-4,7-10,15-16H2,1-2H3;2*1H/t2*22-,24-;;/m10../s1. The third kappa shape index (κ3) is 15.6. The van der Waals surface area contributed by atoms with Crippen molar-refractivity contribution in [1.82, 2.24) is 29.4 Å². The summed E-state index contributed by atoms with van der Waals surface area (Å²) in [6.07, 6.45) is -12.9. The van der Waals surface area contributed by atoms with Crippen molar-refractivity contribution in [3.63, 3.8) is 0 Å². The van der Waals surface area contributed by atoms with Crippen LogP contribution in [0.15, 0.2) is 72.8 Å². The number of alkyl halides is 12. The third-order valence-electron chi connectivity index (χ3n) is 14.9. The van der Waals surface area contributed by atoms with Gasteiger partial charge in [0.25, 0.3) is 0 Å². The van der Waals surface area contributed by atoms with Crippen molar-refractivity contribution in [3.05, 3.63) is 140 Å². The van der Waals surface area contributed by atoms with Gasteiger partial charge in [-0.1, -0.05) is 12.1 Å². The molecule has 4 amide bonds. The molecule has 4 aromatic carbocycles. The van der Waals surface area contributed by atoms with E-state index in [1.54, 1.807) is 35.8 Å². The molecule has 4 aromatic rings. The first-order valence-corrected chi connectivity index (χ1v) is 25.1. The summed E-state index contributed by atoms with van der Waals surface area (Å²) in [7, 11) is 2.72. The molecule has 0 bridgehead atoms. The minimum absolute atomic E-state index is 0. The number of halogens is 16. The maximum atomic E-state index is 13.8. The molecule has 4 atom stereocenters. The summed E-state index contributed by atoms with van der Waals surface area (Å²) in [5.41, 5.74) is -3.34. The molecular weight excluding hydrogens is 1100 g/mol. The second kappa shape index (κ2) is 25.6. The lowest BCUT2D eigenvalue weighted by molar-refractivity contribution is -0.144. The summed E-state index contributed by atoms with van der Waals surface area (Å²) in [5, 5.41) is 0. The van der Waals surface area contributed by atoms with Gasteiger partial charge in [0, 0.05) is 52.4 Å². The first-order valence-electron chi connectivity index (χ1n) is 25.1. The van der Waals surface area contributed by atoms with Crippen molar-refractivity contribution >= 4 is 36.9 Å². The van der Waals surface area contributed by atoms with Crippen LogP contribution in [0.5, 0.6) is 0 Å². The van der Waals surface area contributed by atoms with Gasteiger partial charge in [-0.2, -0.15) is 52.7 Å². The van der Waals surface area contributed by atoms with Gasteiger partial charge < -0.3 is 29.4 Å². The number of hydrogen-bond donors (Lipinski definition) is 0. The average Bonchev–Trinajstić information content (AvgIpc) is 4.09. The normalized spacial score (nSPS) is 20.6. The van der Waals surface area contributed by atoms with Gasteiger partial charge in [-0.25, -0.2) is 18.4 Å². The van der Waals surface area contributed by atoms with Crippen LogP contribution >= 0.6 is 24.8 Å². The summed E-state index contributed by atoms with van der Waals surface area (Å²) >= 11 is 0. The average molecular weight is 1160 g/mol. The molecule has 0 aromatic heterocycles. The maximum absolute atomic E-state index is 13.8. The highest BCUT2D eigenvalue weighted by molar-refractivity contribution is 5.85. The molecule has 0 aliphatic carbocycles. The molecule has 4 heterocycles.